The molecule has 2 aromatic carbocycles. The van der Waals surface area contributed by atoms with Crippen molar-refractivity contribution >= 4 is 29.5 Å². The predicted molar refractivity (Wildman–Crippen MR) is 131 cm³/mol. The number of hydrogen-bond acceptors (Lipinski definition) is 6. The summed E-state index contributed by atoms with van der Waals surface area (Å²) in [5, 5.41) is 0. The number of methoxy groups -OCH3 is 2. The van der Waals surface area contributed by atoms with E-state index in [4.69, 9.17) is 9.47 Å². The maximum Gasteiger partial charge on any atom is 0.270 e. The summed E-state index contributed by atoms with van der Waals surface area (Å²) in [6.45, 7) is 0. The lowest BCUT2D eigenvalue weighted by Gasteiger charge is -2.31. The molecule has 0 heterocycles. The highest BCUT2D eigenvalue weighted by molar-refractivity contribution is 8.00. The lowest BCUT2D eigenvalue weighted by molar-refractivity contribution is -0.129. The van der Waals surface area contributed by atoms with Crippen molar-refractivity contribution < 1.29 is 23.9 Å². The van der Waals surface area contributed by atoms with Gasteiger partial charge in [0.05, 0.1) is 25.5 Å². The molecule has 0 spiro atoms. The molecule has 0 saturated heterocycles. The van der Waals surface area contributed by atoms with Gasteiger partial charge in [-0.3, -0.25) is 25.2 Å². The van der Waals surface area contributed by atoms with Crippen LogP contribution in [0.2, 0.25) is 0 Å². The first-order chi connectivity index (χ1) is 16.4. The van der Waals surface area contributed by atoms with Crippen LogP contribution in [0, 0.1) is 0 Å². The molecule has 34 heavy (non-hydrogen) atoms. The fourth-order valence-electron chi connectivity index (χ4n) is 3.88. The normalized spacial score (nSPS) is 13.6. The van der Waals surface area contributed by atoms with Gasteiger partial charge < -0.3 is 14.4 Å². The average molecular weight is 486 g/mol. The van der Waals surface area contributed by atoms with Crippen LogP contribution >= 0.6 is 11.8 Å². The molecule has 0 unspecified atom stereocenters. The Bertz CT molecular complexity index is 1000. The third kappa shape index (κ3) is 6.66. The molecule has 3 rings (SSSR count). The molecular formula is C25H31N3O5S. The van der Waals surface area contributed by atoms with Gasteiger partial charge in [0.1, 0.15) is 11.5 Å². The fraction of sp³-hybridized carbons (Fsp3) is 0.400. The minimum Gasteiger partial charge on any atom is -0.497 e. The molecule has 2 aromatic rings. The van der Waals surface area contributed by atoms with Crippen molar-refractivity contribution in [2.75, 3.05) is 27.0 Å². The summed E-state index contributed by atoms with van der Waals surface area (Å²) in [5.41, 5.74) is 5.52. The van der Waals surface area contributed by atoms with E-state index in [1.807, 2.05) is 18.0 Å². The molecule has 0 bridgehead atoms. The zero-order valence-electron chi connectivity index (χ0n) is 19.8. The zero-order valence-corrected chi connectivity index (χ0v) is 20.6. The van der Waals surface area contributed by atoms with Crippen molar-refractivity contribution in [3.05, 3.63) is 53.6 Å². The van der Waals surface area contributed by atoms with Crippen LogP contribution in [0.3, 0.4) is 0 Å². The SMILES string of the molecule is COc1cc(OC)cc(C(=O)NNC(=O)c2ccccc2SCC(=O)N(C)C2CCCCC2)c1. The monoisotopic (exact) mass is 485 g/mol. The largest absolute Gasteiger partial charge is 0.497 e. The van der Waals surface area contributed by atoms with Crippen LogP contribution < -0.4 is 20.3 Å². The van der Waals surface area contributed by atoms with E-state index >= 15 is 0 Å². The number of rotatable bonds is 8. The molecule has 1 fully saturated rings. The Morgan fingerprint density at radius 3 is 2.21 bits per heavy atom. The van der Waals surface area contributed by atoms with Crippen molar-refractivity contribution in [2.24, 2.45) is 0 Å². The van der Waals surface area contributed by atoms with Gasteiger partial charge in [0.25, 0.3) is 11.8 Å². The van der Waals surface area contributed by atoms with Crippen LogP contribution in [0.1, 0.15) is 52.8 Å². The molecular weight excluding hydrogens is 454 g/mol. The lowest BCUT2D eigenvalue weighted by atomic mass is 9.94. The number of thioether (sulfide) groups is 1. The second kappa shape index (κ2) is 12.3. The van der Waals surface area contributed by atoms with Crippen LogP contribution in [0.5, 0.6) is 11.5 Å². The molecule has 2 N–H and O–H groups in total. The zero-order chi connectivity index (χ0) is 24.5. The van der Waals surface area contributed by atoms with Gasteiger partial charge in [-0.1, -0.05) is 31.4 Å². The molecule has 0 atom stereocenters. The third-order valence-corrected chi connectivity index (χ3v) is 6.96. The number of nitrogens with one attached hydrogen (secondary N) is 2. The second-order valence-corrected chi connectivity index (χ2v) is 9.11. The summed E-state index contributed by atoms with van der Waals surface area (Å²) in [6, 6.07) is 12.0. The number of carbonyl (C=O) groups is 3. The van der Waals surface area contributed by atoms with E-state index in [0.717, 1.165) is 25.7 Å². The molecule has 3 amide bonds. The van der Waals surface area contributed by atoms with E-state index in [0.29, 0.717) is 28.0 Å². The van der Waals surface area contributed by atoms with Gasteiger partial charge in [-0.25, -0.2) is 0 Å². The van der Waals surface area contributed by atoms with Gasteiger partial charge in [-0.2, -0.15) is 0 Å². The minimum atomic E-state index is -0.514. The van der Waals surface area contributed by atoms with Gasteiger partial charge >= 0.3 is 0 Å². The van der Waals surface area contributed by atoms with Crippen molar-refractivity contribution in [3.63, 3.8) is 0 Å². The number of amides is 3. The Morgan fingerprint density at radius 1 is 0.941 bits per heavy atom. The lowest BCUT2D eigenvalue weighted by Crippen LogP contribution is -2.42. The highest BCUT2D eigenvalue weighted by Crippen LogP contribution is 2.26. The second-order valence-electron chi connectivity index (χ2n) is 8.09. The van der Waals surface area contributed by atoms with E-state index < -0.39 is 11.8 Å². The molecule has 1 aliphatic carbocycles. The molecule has 0 aliphatic heterocycles. The molecule has 0 radical (unpaired) electrons. The first-order valence-corrected chi connectivity index (χ1v) is 12.2. The molecule has 0 aromatic heterocycles. The highest BCUT2D eigenvalue weighted by Gasteiger charge is 2.22. The average Bonchev–Trinajstić information content (AvgIpc) is 2.89. The van der Waals surface area contributed by atoms with E-state index in [9.17, 15) is 14.4 Å². The van der Waals surface area contributed by atoms with Crippen LogP contribution in [0.4, 0.5) is 0 Å². The van der Waals surface area contributed by atoms with Crippen LogP contribution in [0.25, 0.3) is 0 Å². The molecule has 9 heteroatoms. The van der Waals surface area contributed by atoms with Crippen LogP contribution in [-0.2, 0) is 4.79 Å². The summed E-state index contributed by atoms with van der Waals surface area (Å²) in [7, 11) is 4.84. The van der Waals surface area contributed by atoms with Crippen LogP contribution in [-0.4, -0.2) is 55.7 Å². The highest BCUT2D eigenvalue weighted by atomic mass is 32.2. The van der Waals surface area contributed by atoms with E-state index in [1.54, 1.807) is 36.4 Å². The van der Waals surface area contributed by atoms with Gasteiger partial charge in [0.15, 0.2) is 0 Å². The standard InChI is InChI=1S/C25H31N3O5S/c1-28(18-9-5-4-6-10-18)23(29)16-34-22-12-8-7-11-21(22)25(31)27-26-24(30)17-13-19(32-2)15-20(14-17)33-3/h7-8,11-15,18H,4-6,9-10,16H2,1-3H3,(H,26,30)(H,27,31). The maximum absolute atomic E-state index is 12.8. The first kappa shape index (κ1) is 25.4. The summed E-state index contributed by atoms with van der Waals surface area (Å²) >= 11 is 1.32. The summed E-state index contributed by atoms with van der Waals surface area (Å²) in [6.07, 6.45) is 5.65. The predicted octanol–water partition coefficient (Wildman–Crippen LogP) is 3.66. The Morgan fingerprint density at radius 2 is 1.56 bits per heavy atom. The smallest absolute Gasteiger partial charge is 0.270 e. The summed E-state index contributed by atoms with van der Waals surface area (Å²) in [5.74, 6) is 0.223. The van der Waals surface area contributed by atoms with Crippen LogP contribution in [0.15, 0.2) is 47.4 Å². The van der Waals surface area contributed by atoms with Gasteiger partial charge in [-0.15, -0.1) is 11.8 Å². The molecule has 182 valence electrons. The summed E-state index contributed by atoms with van der Waals surface area (Å²) in [4.78, 5) is 40.6. The Hall–Kier alpha value is -3.20. The van der Waals surface area contributed by atoms with Crippen molar-refractivity contribution in [1.29, 1.82) is 0 Å². The number of hydrogen-bond donors (Lipinski definition) is 2. The number of benzene rings is 2. The Balaban J connectivity index is 1.59. The number of ether oxygens (including phenoxy) is 2. The van der Waals surface area contributed by atoms with E-state index in [1.165, 1.54) is 32.4 Å². The Labute approximate surface area is 204 Å². The third-order valence-electron chi connectivity index (χ3n) is 5.90. The van der Waals surface area contributed by atoms with Crippen molar-refractivity contribution in [2.45, 2.75) is 43.0 Å². The van der Waals surface area contributed by atoms with E-state index in [-0.39, 0.29) is 17.2 Å². The fourth-order valence-corrected chi connectivity index (χ4v) is 4.86. The van der Waals surface area contributed by atoms with Gasteiger partial charge in [-0.05, 0) is 37.1 Å². The van der Waals surface area contributed by atoms with Gasteiger partial charge in [0.2, 0.25) is 5.91 Å². The summed E-state index contributed by atoms with van der Waals surface area (Å²) < 4.78 is 10.4. The Kier molecular flexibility index (Phi) is 9.21. The quantitative estimate of drug-likeness (QED) is 0.438. The van der Waals surface area contributed by atoms with Crippen molar-refractivity contribution in [3.8, 4) is 11.5 Å². The van der Waals surface area contributed by atoms with Crippen molar-refractivity contribution in [1.82, 2.24) is 15.8 Å². The minimum absolute atomic E-state index is 0.0485. The van der Waals surface area contributed by atoms with E-state index in [2.05, 4.69) is 10.9 Å². The topological polar surface area (TPSA) is 97.0 Å². The first-order valence-electron chi connectivity index (χ1n) is 11.2. The number of hydrazine groups is 1. The van der Waals surface area contributed by atoms with Gasteiger partial charge in [0, 0.05) is 29.6 Å². The number of nitrogens with zero attached hydrogens (tertiary/aromatic N) is 1. The molecule has 1 saturated carbocycles. The molecule has 8 nitrogen and oxygen atoms in total. The maximum atomic E-state index is 12.8. The molecule has 1 aliphatic rings. The number of carbonyl (C=O) groups excluding carboxylic acids is 3.